The minimum Gasteiger partial charge on any atom is -0.496 e. The van der Waals surface area contributed by atoms with Crippen LogP contribution in [0.15, 0.2) is 30.5 Å². The lowest BCUT2D eigenvalue weighted by atomic mass is 10.1. The molecule has 0 fully saturated rings. The molecule has 0 unspecified atom stereocenters. The van der Waals surface area contributed by atoms with Gasteiger partial charge in [-0.25, -0.2) is 4.98 Å². The summed E-state index contributed by atoms with van der Waals surface area (Å²) in [6.07, 6.45) is 7.59. The van der Waals surface area contributed by atoms with E-state index >= 15 is 0 Å². The molecule has 5 heteroatoms. The third-order valence-corrected chi connectivity index (χ3v) is 4.77. The van der Waals surface area contributed by atoms with Gasteiger partial charge in [0.05, 0.1) is 24.1 Å². The standard InChI is InChI=1S/C18H23NO3S/c1-21-15-10-8-7-9-14(15)16-13-19-17(23-16)11-5-3-4-6-12-18(20)22-2/h7-10,13H,3-6,11-12H2,1-2H3. The molecule has 2 rings (SSSR count). The van der Waals surface area contributed by atoms with Crippen LogP contribution < -0.4 is 4.74 Å². The number of aryl methyl sites for hydroxylation is 1. The van der Waals surface area contributed by atoms with E-state index in [2.05, 4.69) is 15.8 Å². The summed E-state index contributed by atoms with van der Waals surface area (Å²) >= 11 is 1.72. The number of benzene rings is 1. The average molecular weight is 333 g/mol. The van der Waals surface area contributed by atoms with Crippen molar-refractivity contribution in [2.45, 2.75) is 38.5 Å². The minimum atomic E-state index is -0.119. The minimum absolute atomic E-state index is 0.119. The maximum atomic E-state index is 11.0. The second kappa shape index (κ2) is 9.30. The van der Waals surface area contributed by atoms with Gasteiger partial charge < -0.3 is 9.47 Å². The maximum absolute atomic E-state index is 11.0. The van der Waals surface area contributed by atoms with E-state index in [0.29, 0.717) is 6.42 Å². The Labute approximate surface area is 141 Å². The zero-order valence-corrected chi connectivity index (χ0v) is 14.5. The second-order valence-electron chi connectivity index (χ2n) is 5.31. The number of carbonyl (C=O) groups excluding carboxylic acids is 1. The SMILES string of the molecule is COC(=O)CCCCCCc1ncc(-c2ccccc2OC)s1. The van der Waals surface area contributed by atoms with Crippen molar-refractivity contribution >= 4 is 17.3 Å². The molecule has 0 saturated heterocycles. The Morgan fingerprint density at radius 2 is 1.91 bits per heavy atom. The molecule has 0 spiro atoms. The van der Waals surface area contributed by atoms with Crippen molar-refractivity contribution in [3.05, 3.63) is 35.5 Å². The van der Waals surface area contributed by atoms with Gasteiger partial charge in [-0.2, -0.15) is 0 Å². The zero-order chi connectivity index (χ0) is 16.5. The summed E-state index contributed by atoms with van der Waals surface area (Å²) in [7, 11) is 3.12. The summed E-state index contributed by atoms with van der Waals surface area (Å²) in [6, 6.07) is 8.01. The van der Waals surface area contributed by atoms with E-state index in [1.165, 1.54) is 7.11 Å². The van der Waals surface area contributed by atoms with Gasteiger partial charge in [0.15, 0.2) is 0 Å². The first kappa shape index (κ1) is 17.5. The molecule has 4 nitrogen and oxygen atoms in total. The van der Waals surface area contributed by atoms with Gasteiger partial charge in [0, 0.05) is 18.2 Å². The molecule has 0 saturated carbocycles. The van der Waals surface area contributed by atoms with E-state index in [4.69, 9.17) is 4.74 Å². The fourth-order valence-corrected chi connectivity index (χ4v) is 3.39. The molecule has 0 radical (unpaired) electrons. The quantitative estimate of drug-likeness (QED) is 0.501. The number of methoxy groups -OCH3 is 2. The summed E-state index contributed by atoms with van der Waals surface area (Å²) in [5.74, 6) is 0.761. The monoisotopic (exact) mass is 333 g/mol. The van der Waals surface area contributed by atoms with Crippen molar-refractivity contribution in [3.63, 3.8) is 0 Å². The summed E-state index contributed by atoms with van der Waals surface area (Å²) in [4.78, 5) is 16.7. The Hall–Kier alpha value is -1.88. The molecular formula is C18H23NO3S. The normalized spacial score (nSPS) is 10.5. The van der Waals surface area contributed by atoms with Gasteiger partial charge in [0.1, 0.15) is 5.75 Å². The van der Waals surface area contributed by atoms with Crippen LogP contribution in [0.4, 0.5) is 0 Å². The number of rotatable bonds is 9. The Balaban J connectivity index is 1.78. The number of esters is 1. The highest BCUT2D eigenvalue weighted by atomic mass is 32.1. The smallest absolute Gasteiger partial charge is 0.305 e. The molecule has 0 aliphatic heterocycles. The molecule has 1 heterocycles. The molecule has 23 heavy (non-hydrogen) atoms. The van der Waals surface area contributed by atoms with Crippen LogP contribution in [0.5, 0.6) is 5.75 Å². The van der Waals surface area contributed by atoms with E-state index in [1.807, 2.05) is 24.4 Å². The largest absolute Gasteiger partial charge is 0.496 e. The van der Waals surface area contributed by atoms with Crippen LogP contribution in [0.3, 0.4) is 0 Å². The molecule has 0 amide bonds. The van der Waals surface area contributed by atoms with Crippen molar-refractivity contribution in [1.82, 2.24) is 4.98 Å². The van der Waals surface area contributed by atoms with Crippen molar-refractivity contribution in [3.8, 4) is 16.2 Å². The van der Waals surface area contributed by atoms with E-state index < -0.39 is 0 Å². The molecule has 2 aromatic rings. The number of aromatic nitrogens is 1. The Morgan fingerprint density at radius 3 is 2.70 bits per heavy atom. The van der Waals surface area contributed by atoms with Crippen molar-refractivity contribution < 1.29 is 14.3 Å². The molecule has 0 atom stereocenters. The molecule has 1 aromatic heterocycles. The van der Waals surface area contributed by atoms with Crippen LogP contribution >= 0.6 is 11.3 Å². The number of ether oxygens (including phenoxy) is 2. The highest BCUT2D eigenvalue weighted by molar-refractivity contribution is 7.15. The molecule has 1 aromatic carbocycles. The Kier molecular flexibility index (Phi) is 7.07. The van der Waals surface area contributed by atoms with Crippen LogP contribution in [0.1, 0.15) is 37.1 Å². The van der Waals surface area contributed by atoms with Crippen LogP contribution in [0.2, 0.25) is 0 Å². The van der Waals surface area contributed by atoms with Crippen molar-refractivity contribution in [1.29, 1.82) is 0 Å². The number of unbranched alkanes of at least 4 members (excludes halogenated alkanes) is 3. The van der Waals surface area contributed by atoms with Crippen LogP contribution in [0.25, 0.3) is 10.4 Å². The third-order valence-electron chi connectivity index (χ3n) is 3.68. The number of hydrogen-bond acceptors (Lipinski definition) is 5. The topological polar surface area (TPSA) is 48.4 Å². The second-order valence-corrected chi connectivity index (χ2v) is 6.42. The number of para-hydroxylation sites is 1. The van der Waals surface area contributed by atoms with Gasteiger partial charge >= 0.3 is 5.97 Å². The summed E-state index contributed by atoms with van der Waals surface area (Å²) in [6.45, 7) is 0. The number of hydrogen-bond donors (Lipinski definition) is 0. The van der Waals surface area contributed by atoms with Crippen LogP contribution in [-0.2, 0) is 16.0 Å². The van der Waals surface area contributed by atoms with Gasteiger partial charge in [-0.05, 0) is 31.4 Å². The van der Waals surface area contributed by atoms with E-state index in [-0.39, 0.29) is 5.97 Å². The lowest BCUT2D eigenvalue weighted by molar-refractivity contribution is -0.140. The van der Waals surface area contributed by atoms with Crippen LogP contribution in [-0.4, -0.2) is 25.2 Å². The molecular weight excluding hydrogens is 310 g/mol. The maximum Gasteiger partial charge on any atom is 0.305 e. The van der Waals surface area contributed by atoms with Gasteiger partial charge in [0.25, 0.3) is 0 Å². The molecule has 124 valence electrons. The Morgan fingerprint density at radius 1 is 1.13 bits per heavy atom. The van der Waals surface area contributed by atoms with Crippen LogP contribution in [0, 0.1) is 0 Å². The average Bonchev–Trinajstić information content (AvgIpc) is 3.06. The number of thiazole rings is 1. The fraction of sp³-hybridized carbons (Fsp3) is 0.444. The number of nitrogens with zero attached hydrogens (tertiary/aromatic N) is 1. The number of carbonyl (C=O) groups is 1. The van der Waals surface area contributed by atoms with E-state index in [0.717, 1.165) is 53.3 Å². The molecule has 0 aliphatic rings. The first-order valence-electron chi connectivity index (χ1n) is 7.89. The summed E-state index contributed by atoms with van der Waals surface area (Å²) in [5, 5.41) is 1.15. The predicted molar refractivity (Wildman–Crippen MR) is 92.9 cm³/mol. The molecule has 0 bridgehead atoms. The highest BCUT2D eigenvalue weighted by Gasteiger charge is 2.09. The molecule has 0 aliphatic carbocycles. The first-order valence-corrected chi connectivity index (χ1v) is 8.71. The van der Waals surface area contributed by atoms with Crippen molar-refractivity contribution in [2.75, 3.05) is 14.2 Å². The lowest BCUT2D eigenvalue weighted by Crippen LogP contribution is -1.99. The predicted octanol–water partition coefficient (Wildman–Crippen LogP) is 4.48. The van der Waals surface area contributed by atoms with Gasteiger partial charge in [-0.3, -0.25) is 4.79 Å². The van der Waals surface area contributed by atoms with Gasteiger partial charge in [-0.1, -0.05) is 25.0 Å². The fourth-order valence-electron chi connectivity index (χ4n) is 2.40. The lowest BCUT2D eigenvalue weighted by Gasteiger charge is -2.04. The first-order chi connectivity index (χ1) is 11.2. The third kappa shape index (κ3) is 5.36. The van der Waals surface area contributed by atoms with Gasteiger partial charge in [0.2, 0.25) is 0 Å². The highest BCUT2D eigenvalue weighted by Crippen LogP contribution is 2.33. The summed E-state index contributed by atoms with van der Waals surface area (Å²) in [5.41, 5.74) is 1.09. The van der Waals surface area contributed by atoms with Crippen molar-refractivity contribution in [2.24, 2.45) is 0 Å². The summed E-state index contributed by atoms with van der Waals surface area (Å²) < 4.78 is 10.0. The van der Waals surface area contributed by atoms with Gasteiger partial charge in [-0.15, -0.1) is 11.3 Å². The van der Waals surface area contributed by atoms with E-state index in [9.17, 15) is 4.79 Å². The van der Waals surface area contributed by atoms with E-state index in [1.54, 1.807) is 18.4 Å². The zero-order valence-electron chi connectivity index (χ0n) is 13.7. The Bertz CT molecular complexity index is 624. The molecule has 0 N–H and O–H groups in total.